The number of carbonyl (C=O) groups is 2. The van der Waals surface area contributed by atoms with Crippen molar-refractivity contribution >= 4 is 23.6 Å². The van der Waals surface area contributed by atoms with E-state index in [0.29, 0.717) is 18.5 Å². The van der Waals surface area contributed by atoms with E-state index in [-0.39, 0.29) is 17.3 Å². The maximum atomic E-state index is 11.9. The number of carbonyl (C=O) groups excluding carboxylic acids is 2. The molecule has 0 bridgehead atoms. The molecule has 1 aromatic rings. The van der Waals surface area contributed by atoms with Crippen LogP contribution in [-0.2, 0) is 9.59 Å². The minimum absolute atomic E-state index is 0.143. The third kappa shape index (κ3) is 3.38. The second kappa shape index (κ2) is 6.66. The molecule has 22 heavy (non-hydrogen) atoms. The Hall–Kier alpha value is -2.96. The van der Waals surface area contributed by atoms with Gasteiger partial charge in [0.05, 0.1) is 12.0 Å². The van der Waals surface area contributed by atoms with E-state index in [1.807, 2.05) is 0 Å². The highest BCUT2D eigenvalue weighted by atomic mass is 16.6. The first-order valence-corrected chi connectivity index (χ1v) is 6.55. The van der Waals surface area contributed by atoms with E-state index in [1.54, 1.807) is 12.1 Å². The van der Waals surface area contributed by atoms with Gasteiger partial charge in [0.1, 0.15) is 0 Å². The van der Waals surface area contributed by atoms with Gasteiger partial charge in [0.2, 0.25) is 0 Å². The predicted molar refractivity (Wildman–Crippen MR) is 79.2 cm³/mol. The number of amides is 2. The van der Waals surface area contributed by atoms with Crippen LogP contribution in [0.25, 0.3) is 6.08 Å². The fraction of sp³-hybridized carbons (Fsp3) is 0.200. The van der Waals surface area contributed by atoms with E-state index in [0.717, 1.165) is 4.90 Å². The summed E-state index contributed by atoms with van der Waals surface area (Å²) in [6, 6.07) is 4.35. The minimum Gasteiger partial charge on any atom is -0.490 e. The van der Waals surface area contributed by atoms with Crippen molar-refractivity contribution in [3.05, 3.63) is 52.1 Å². The molecule has 7 nitrogen and oxygen atoms in total. The van der Waals surface area contributed by atoms with Gasteiger partial charge >= 0.3 is 5.69 Å². The Morgan fingerprint density at radius 3 is 2.86 bits per heavy atom. The molecule has 0 unspecified atom stereocenters. The molecule has 0 N–H and O–H groups in total. The van der Waals surface area contributed by atoms with E-state index in [4.69, 9.17) is 4.74 Å². The zero-order valence-electron chi connectivity index (χ0n) is 11.9. The quantitative estimate of drug-likeness (QED) is 0.481. The maximum absolute atomic E-state index is 11.9. The molecule has 0 fully saturated rings. The summed E-state index contributed by atoms with van der Waals surface area (Å²) in [6.45, 7) is 0.335. The van der Waals surface area contributed by atoms with Gasteiger partial charge in [-0.2, -0.15) is 0 Å². The molecule has 1 aromatic carbocycles. The summed E-state index contributed by atoms with van der Waals surface area (Å²) in [5.41, 5.74) is 0.287. The Morgan fingerprint density at radius 2 is 2.23 bits per heavy atom. The summed E-state index contributed by atoms with van der Waals surface area (Å²) in [5, 5.41) is 10.9. The molecule has 0 saturated carbocycles. The van der Waals surface area contributed by atoms with Gasteiger partial charge < -0.3 is 4.74 Å². The van der Waals surface area contributed by atoms with E-state index in [1.165, 1.54) is 37.5 Å². The fourth-order valence-electron chi connectivity index (χ4n) is 2.02. The third-order valence-electron chi connectivity index (χ3n) is 3.13. The highest BCUT2D eigenvalue weighted by Gasteiger charge is 2.19. The molecule has 0 aromatic heterocycles. The number of imide groups is 1. The number of nitrogens with zero attached hydrogens (tertiary/aromatic N) is 2. The SMILES string of the molecule is COc1ccc(/C=C/C(=O)N2CCC=CC2=O)cc1[N+](=O)[O-]. The first-order chi connectivity index (χ1) is 10.5. The highest BCUT2D eigenvalue weighted by Crippen LogP contribution is 2.27. The number of methoxy groups -OCH3 is 1. The van der Waals surface area contributed by atoms with Crippen LogP contribution < -0.4 is 4.74 Å². The average molecular weight is 302 g/mol. The number of rotatable bonds is 4. The van der Waals surface area contributed by atoms with Crippen molar-refractivity contribution in [2.24, 2.45) is 0 Å². The van der Waals surface area contributed by atoms with Crippen molar-refractivity contribution in [1.29, 1.82) is 0 Å². The molecule has 7 heteroatoms. The van der Waals surface area contributed by atoms with E-state index >= 15 is 0 Å². The molecule has 0 saturated heterocycles. The molecular formula is C15H14N2O5. The Balaban J connectivity index is 2.18. The zero-order chi connectivity index (χ0) is 16.1. The van der Waals surface area contributed by atoms with Gasteiger partial charge in [-0.25, -0.2) is 0 Å². The summed E-state index contributed by atoms with van der Waals surface area (Å²) in [7, 11) is 1.34. The number of nitro benzene ring substituents is 1. The van der Waals surface area contributed by atoms with Gasteiger partial charge in [0.15, 0.2) is 5.75 Å². The summed E-state index contributed by atoms with van der Waals surface area (Å²) in [5.74, 6) is -0.667. The van der Waals surface area contributed by atoms with Gasteiger partial charge in [-0.3, -0.25) is 24.6 Å². The molecule has 0 aliphatic carbocycles. The van der Waals surface area contributed by atoms with Crippen molar-refractivity contribution in [2.45, 2.75) is 6.42 Å². The van der Waals surface area contributed by atoms with Gasteiger partial charge in [-0.1, -0.05) is 12.1 Å². The molecule has 1 aliphatic heterocycles. The molecule has 1 aliphatic rings. The van der Waals surface area contributed by atoms with Crippen LogP contribution in [0.15, 0.2) is 36.4 Å². The molecule has 1 heterocycles. The molecule has 0 atom stereocenters. The Kier molecular flexibility index (Phi) is 4.67. The van der Waals surface area contributed by atoms with Crippen LogP contribution in [0.5, 0.6) is 5.75 Å². The predicted octanol–water partition coefficient (Wildman–Crippen LogP) is 1.93. The lowest BCUT2D eigenvalue weighted by Crippen LogP contribution is -2.37. The van der Waals surface area contributed by atoms with E-state index in [9.17, 15) is 19.7 Å². The maximum Gasteiger partial charge on any atom is 0.311 e. The summed E-state index contributed by atoms with van der Waals surface area (Å²) in [4.78, 5) is 35.0. The molecule has 2 rings (SSSR count). The highest BCUT2D eigenvalue weighted by molar-refractivity contribution is 6.06. The second-order valence-electron chi connectivity index (χ2n) is 4.54. The molecule has 0 spiro atoms. The second-order valence-corrected chi connectivity index (χ2v) is 4.54. The normalized spacial score (nSPS) is 14.4. The van der Waals surface area contributed by atoms with Crippen molar-refractivity contribution in [3.63, 3.8) is 0 Å². The lowest BCUT2D eigenvalue weighted by molar-refractivity contribution is -0.385. The molecular weight excluding hydrogens is 288 g/mol. The van der Waals surface area contributed by atoms with Crippen LogP contribution in [0.1, 0.15) is 12.0 Å². The zero-order valence-corrected chi connectivity index (χ0v) is 11.9. The third-order valence-corrected chi connectivity index (χ3v) is 3.13. The first-order valence-electron chi connectivity index (χ1n) is 6.55. The van der Waals surface area contributed by atoms with Gasteiger partial charge in [-0.05, 0) is 30.2 Å². The van der Waals surface area contributed by atoms with Crippen LogP contribution >= 0.6 is 0 Å². The van der Waals surface area contributed by atoms with Crippen molar-refractivity contribution in [1.82, 2.24) is 4.90 Å². The van der Waals surface area contributed by atoms with Crippen molar-refractivity contribution in [2.75, 3.05) is 13.7 Å². The van der Waals surface area contributed by atoms with Crippen LogP contribution in [0.4, 0.5) is 5.69 Å². The van der Waals surface area contributed by atoms with Crippen molar-refractivity contribution in [3.8, 4) is 5.75 Å². The van der Waals surface area contributed by atoms with Gasteiger partial charge in [0.25, 0.3) is 11.8 Å². The summed E-state index contributed by atoms with van der Waals surface area (Å²) >= 11 is 0. The number of hydrogen-bond acceptors (Lipinski definition) is 5. The number of nitro groups is 1. The van der Waals surface area contributed by atoms with Gasteiger partial charge in [-0.15, -0.1) is 0 Å². The topological polar surface area (TPSA) is 89.8 Å². The smallest absolute Gasteiger partial charge is 0.311 e. The molecule has 2 amide bonds. The van der Waals surface area contributed by atoms with Crippen LogP contribution in [0, 0.1) is 10.1 Å². The van der Waals surface area contributed by atoms with E-state index in [2.05, 4.69) is 0 Å². The lowest BCUT2D eigenvalue weighted by Gasteiger charge is -2.19. The standard InChI is InChI=1S/C15H14N2O5/c1-22-13-7-5-11(10-12(13)17(20)21)6-8-15(19)16-9-3-2-4-14(16)18/h2,4-8,10H,3,9H2,1H3/b8-6+. The fourth-order valence-corrected chi connectivity index (χ4v) is 2.02. The number of ether oxygens (including phenoxy) is 1. The first kappa shape index (κ1) is 15.4. The van der Waals surface area contributed by atoms with Crippen LogP contribution in [0.2, 0.25) is 0 Å². The average Bonchev–Trinajstić information content (AvgIpc) is 2.52. The monoisotopic (exact) mass is 302 g/mol. The molecule has 114 valence electrons. The molecule has 0 radical (unpaired) electrons. The minimum atomic E-state index is -0.559. The van der Waals surface area contributed by atoms with Crippen LogP contribution in [0.3, 0.4) is 0 Å². The Labute approximate surface area is 126 Å². The largest absolute Gasteiger partial charge is 0.490 e. The van der Waals surface area contributed by atoms with Gasteiger partial charge in [0, 0.05) is 18.7 Å². The van der Waals surface area contributed by atoms with Crippen LogP contribution in [-0.4, -0.2) is 35.3 Å². The Morgan fingerprint density at radius 1 is 1.45 bits per heavy atom. The Bertz CT molecular complexity index is 679. The van der Waals surface area contributed by atoms with Crippen molar-refractivity contribution < 1.29 is 19.2 Å². The number of hydrogen-bond donors (Lipinski definition) is 0. The lowest BCUT2D eigenvalue weighted by atomic mass is 10.1. The number of benzene rings is 1. The summed E-state index contributed by atoms with van der Waals surface area (Å²) < 4.78 is 4.90. The van der Waals surface area contributed by atoms with E-state index < -0.39 is 10.8 Å². The summed E-state index contributed by atoms with van der Waals surface area (Å²) in [6.07, 6.45) is 6.35.